The Morgan fingerprint density at radius 3 is 2.26 bits per heavy atom. The molecule has 0 saturated carbocycles. The van der Waals surface area contributed by atoms with Crippen molar-refractivity contribution in [2.75, 3.05) is 40.7 Å². The topological polar surface area (TPSA) is 96.8 Å². The van der Waals surface area contributed by atoms with Crippen LogP contribution in [0.1, 0.15) is 22.6 Å². The van der Waals surface area contributed by atoms with Crippen LogP contribution in [0.25, 0.3) is 6.08 Å². The van der Waals surface area contributed by atoms with Gasteiger partial charge >= 0.3 is 5.97 Å². The fourth-order valence-corrected chi connectivity index (χ4v) is 4.87. The highest BCUT2D eigenvalue weighted by molar-refractivity contribution is 5.97. The molecule has 0 radical (unpaired) electrons. The number of carbonyl (C=O) groups excluding carboxylic acids is 1. The summed E-state index contributed by atoms with van der Waals surface area (Å²) in [5.74, 6) is 1.04. The highest BCUT2D eigenvalue weighted by Gasteiger charge is 2.40. The molecular weight excluding hydrogens is 488 g/mol. The van der Waals surface area contributed by atoms with Gasteiger partial charge in [0.05, 0.1) is 46.3 Å². The molecule has 5 rings (SSSR count). The molecule has 3 aromatic carbocycles. The van der Waals surface area contributed by atoms with Gasteiger partial charge < -0.3 is 28.4 Å². The zero-order chi connectivity index (χ0) is 26.6. The number of hydrogen-bond acceptors (Lipinski definition) is 9. The second-order valence-electron chi connectivity index (χ2n) is 8.65. The predicted octanol–water partition coefficient (Wildman–Crippen LogP) is 4.86. The first-order valence-electron chi connectivity index (χ1n) is 11.9. The van der Waals surface area contributed by atoms with E-state index in [4.69, 9.17) is 28.4 Å². The van der Waals surface area contributed by atoms with Crippen LogP contribution in [0.15, 0.2) is 65.3 Å². The summed E-state index contributed by atoms with van der Waals surface area (Å²) < 4.78 is 33.4. The number of nitrogens with zero attached hydrogens (tertiary/aromatic N) is 1. The van der Waals surface area contributed by atoms with Gasteiger partial charge in [-0.05, 0) is 64.7 Å². The average Bonchev–Trinajstić information content (AvgIpc) is 3.42. The molecule has 9 nitrogen and oxygen atoms in total. The number of fused-ring (bicyclic) bond motifs is 2. The fourth-order valence-electron chi connectivity index (χ4n) is 4.87. The van der Waals surface area contributed by atoms with E-state index >= 15 is 0 Å². The van der Waals surface area contributed by atoms with Crippen LogP contribution in [0.4, 0.5) is 5.69 Å². The summed E-state index contributed by atoms with van der Waals surface area (Å²) >= 11 is 0. The second kappa shape index (κ2) is 10.8. The van der Waals surface area contributed by atoms with Gasteiger partial charge in [-0.25, -0.2) is 0 Å². The Kier molecular flexibility index (Phi) is 7.08. The molecule has 1 heterocycles. The largest absolute Gasteiger partial charge is 0.493 e. The molecule has 1 N–H and O–H groups in total. The Morgan fingerprint density at radius 1 is 0.947 bits per heavy atom. The Labute approximate surface area is 220 Å². The maximum absolute atomic E-state index is 13.4. The Bertz CT molecular complexity index is 1380. The molecule has 0 spiro atoms. The number of benzene rings is 3. The molecule has 196 valence electrons. The number of anilines is 1. The number of hydrazone groups is 1. The van der Waals surface area contributed by atoms with Gasteiger partial charge in [0.2, 0.25) is 12.5 Å². The van der Waals surface area contributed by atoms with Gasteiger partial charge in [-0.2, -0.15) is 5.10 Å². The van der Waals surface area contributed by atoms with Crippen LogP contribution in [-0.2, 0) is 9.53 Å². The summed E-state index contributed by atoms with van der Waals surface area (Å²) in [5, 5.41) is 4.42. The first-order valence-corrected chi connectivity index (χ1v) is 11.9. The van der Waals surface area contributed by atoms with Crippen LogP contribution in [0.3, 0.4) is 0 Å². The van der Waals surface area contributed by atoms with Crippen LogP contribution >= 0.6 is 0 Å². The third-order valence-corrected chi connectivity index (χ3v) is 6.61. The lowest BCUT2D eigenvalue weighted by Crippen LogP contribution is -2.30. The van der Waals surface area contributed by atoms with Crippen LogP contribution in [-0.4, -0.2) is 47.4 Å². The van der Waals surface area contributed by atoms with E-state index in [0.717, 1.165) is 22.4 Å². The standard InChI is InChI=1S/C29H28N2O7/c1-33-24-12-18(13-25(34-2)28(24)35-3)26-21-14-23-22(37-16-38-23)11-17(21)10-19(27(26)29(32)36-4)15-30-31-20-8-6-5-7-9-20/h5-15,26-27,31H,16H2,1-4H3/t26-,27-/m1/s1. The van der Waals surface area contributed by atoms with E-state index in [0.29, 0.717) is 34.3 Å². The van der Waals surface area contributed by atoms with Crippen molar-refractivity contribution in [3.8, 4) is 28.7 Å². The Hall–Kier alpha value is -4.66. The van der Waals surface area contributed by atoms with Gasteiger partial charge in [0, 0.05) is 5.92 Å². The van der Waals surface area contributed by atoms with E-state index < -0.39 is 17.8 Å². The van der Waals surface area contributed by atoms with Crippen molar-refractivity contribution in [1.82, 2.24) is 0 Å². The van der Waals surface area contributed by atoms with E-state index in [1.165, 1.54) is 7.11 Å². The summed E-state index contributed by atoms with van der Waals surface area (Å²) in [7, 11) is 6.03. The lowest BCUT2D eigenvalue weighted by atomic mass is 9.71. The van der Waals surface area contributed by atoms with Crippen molar-refractivity contribution >= 4 is 23.9 Å². The molecular formula is C29H28N2O7. The lowest BCUT2D eigenvalue weighted by Gasteiger charge is -2.32. The van der Waals surface area contributed by atoms with Gasteiger partial charge in [-0.15, -0.1) is 0 Å². The van der Waals surface area contributed by atoms with Crippen molar-refractivity contribution < 1.29 is 33.2 Å². The Morgan fingerprint density at radius 2 is 1.63 bits per heavy atom. The monoisotopic (exact) mass is 516 g/mol. The third-order valence-electron chi connectivity index (χ3n) is 6.61. The molecule has 2 aliphatic rings. The molecule has 3 aromatic rings. The van der Waals surface area contributed by atoms with Crippen molar-refractivity contribution in [3.05, 3.63) is 76.9 Å². The van der Waals surface area contributed by atoms with E-state index in [1.807, 2.05) is 60.7 Å². The van der Waals surface area contributed by atoms with Crippen LogP contribution in [0.2, 0.25) is 0 Å². The number of nitrogens with one attached hydrogen (secondary N) is 1. The number of carbonyl (C=O) groups is 1. The molecule has 1 aliphatic carbocycles. The number of para-hydroxylation sites is 1. The summed E-state index contributed by atoms with van der Waals surface area (Å²) in [4.78, 5) is 13.4. The molecule has 0 bridgehead atoms. The fraction of sp³-hybridized carbons (Fsp3) is 0.241. The van der Waals surface area contributed by atoms with E-state index in [1.54, 1.807) is 27.5 Å². The van der Waals surface area contributed by atoms with Gasteiger partial charge in [0.1, 0.15) is 0 Å². The summed E-state index contributed by atoms with van der Waals surface area (Å²) in [6, 6.07) is 17.1. The number of ether oxygens (including phenoxy) is 6. The van der Waals surface area contributed by atoms with E-state index in [2.05, 4.69) is 10.5 Å². The maximum Gasteiger partial charge on any atom is 0.314 e. The number of methoxy groups -OCH3 is 4. The molecule has 0 saturated heterocycles. The molecule has 9 heteroatoms. The average molecular weight is 517 g/mol. The highest BCUT2D eigenvalue weighted by Crippen LogP contribution is 2.50. The van der Waals surface area contributed by atoms with Crippen LogP contribution in [0, 0.1) is 5.92 Å². The van der Waals surface area contributed by atoms with Gasteiger partial charge in [0.15, 0.2) is 23.0 Å². The second-order valence-corrected chi connectivity index (χ2v) is 8.65. The first kappa shape index (κ1) is 25.0. The molecule has 0 amide bonds. The lowest BCUT2D eigenvalue weighted by molar-refractivity contribution is -0.144. The van der Waals surface area contributed by atoms with Crippen molar-refractivity contribution in [1.29, 1.82) is 0 Å². The van der Waals surface area contributed by atoms with E-state index in [-0.39, 0.29) is 6.79 Å². The quantitative estimate of drug-likeness (QED) is 0.258. The van der Waals surface area contributed by atoms with Crippen molar-refractivity contribution in [3.63, 3.8) is 0 Å². The molecule has 0 fully saturated rings. The minimum absolute atomic E-state index is 0.131. The summed E-state index contributed by atoms with van der Waals surface area (Å²) in [6.45, 7) is 0.131. The zero-order valence-electron chi connectivity index (χ0n) is 21.5. The Balaban J connectivity index is 1.68. The number of hydrogen-bond donors (Lipinski definition) is 1. The molecule has 0 aromatic heterocycles. The molecule has 2 atom stereocenters. The third kappa shape index (κ3) is 4.58. The van der Waals surface area contributed by atoms with Gasteiger partial charge in [-0.3, -0.25) is 10.2 Å². The van der Waals surface area contributed by atoms with Crippen LogP contribution in [0.5, 0.6) is 28.7 Å². The van der Waals surface area contributed by atoms with Gasteiger partial charge in [-0.1, -0.05) is 18.2 Å². The summed E-state index contributed by atoms with van der Waals surface area (Å²) in [5.41, 5.74) is 7.00. The van der Waals surface area contributed by atoms with Crippen LogP contribution < -0.4 is 29.1 Å². The molecule has 1 aliphatic heterocycles. The van der Waals surface area contributed by atoms with Gasteiger partial charge in [0.25, 0.3) is 0 Å². The number of rotatable bonds is 8. The van der Waals surface area contributed by atoms with Crippen molar-refractivity contribution in [2.45, 2.75) is 5.92 Å². The summed E-state index contributed by atoms with van der Waals surface area (Å²) in [6.07, 6.45) is 3.57. The number of esters is 1. The predicted molar refractivity (Wildman–Crippen MR) is 143 cm³/mol. The minimum Gasteiger partial charge on any atom is -0.493 e. The minimum atomic E-state index is -0.725. The molecule has 38 heavy (non-hydrogen) atoms. The van der Waals surface area contributed by atoms with Crippen molar-refractivity contribution in [2.24, 2.45) is 11.0 Å². The SMILES string of the molecule is COC(=O)[C@@H]1C(C=NNc2ccccc2)=Cc2cc3c(cc2[C@H]1c1cc(OC)c(OC)c(OC)c1)OCO3. The maximum atomic E-state index is 13.4. The normalized spacial score (nSPS) is 17.4. The highest BCUT2D eigenvalue weighted by atomic mass is 16.7. The van der Waals surface area contributed by atoms with E-state index in [9.17, 15) is 4.79 Å². The zero-order valence-corrected chi connectivity index (χ0v) is 21.5. The smallest absolute Gasteiger partial charge is 0.314 e. The molecule has 0 unspecified atom stereocenters. The first-order chi connectivity index (χ1) is 18.6.